The number of morpholine rings is 1. The number of ether oxygens (including phenoxy) is 3. The molecule has 3 heterocycles. The minimum Gasteiger partial charge on any atom is -0.496 e. The van der Waals surface area contributed by atoms with Crippen molar-refractivity contribution in [1.82, 2.24) is 25.5 Å². The fourth-order valence-corrected chi connectivity index (χ4v) is 3.08. The van der Waals surface area contributed by atoms with E-state index in [1.165, 1.54) is 12.4 Å². The summed E-state index contributed by atoms with van der Waals surface area (Å²) < 4.78 is 17.1. The van der Waals surface area contributed by atoms with Crippen LogP contribution in [0.1, 0.15) is 5.69 Å². The van der Waals surface area contributed by atoms with Crippen molar-refractivity contribution in [3.63, 3.8) is 0 Å². The van der Waals surface area contributed by atoms with Crippen LogP contribution >= 0.6 is 0 Å². The molecule has 0 radical (unpaired) electrons. The Morgan fingerprint density at radius 1 is 1.27 bits per heavy atom. The highest BCUT2D eigenvalue weighted by Gasteiger charge is 2.19. The first-order valence-corrected chi connectivity index (χ1v) is 9.42. The van der Waals surface area contributed by atoms with E-state index < -0.39 is 0 Å². The molecule has 1 atom stereocenters. The molecule has 10 nitrogen and oxygen atoms in total. The standard InChI is InChI=1S/C20H21N7O3/c1-28-16-3-2-4-17(30-12-14-11-29-6-5-22-14)20(16)15-7-18(27-26-15)25-19-10-23-13(8-21)9-24-19/h2-4,7,9-10,14,22H,5-6,11-12H2,1H3,(H2,24,25,26,27). The average molecular weight is 407 g/mol. The molecule has 1 saturated heterocycles. The molecule has 1 fully saturated rings. The number of aromatic nitrogens is 4. The van der Waals surface area contributed by atoms with Gasteiger partial charge in [0.1, 0.15) is 30.0 Å². The summed E-state index contributed by atoms with van der Waals surface area (Å²) in [4.78, 5) is 8.13. The summed E-state index contributed by atoms with van der Waals surface area (Å²) in [5, 5.41) is 22.5. The Hall–Kier alpha value is -3.68. The maximum absolute atomic E-state index is 8.83. The summed E-state index contributed by atoms with van der Waals surface area (Å²) in [6, 6.07) is 9.53. The lowest BCUT2D eigenvalue weighted by atomic mass is 10.1. The molecule has 1 aliphatic rings. The van der Waals surface area contributed by atoms with E-state index in [-0.39, 0.29) is 11.7 Å². The number of methoxy groups -OCH3 is 1. The zero-order valence-corrected chi connectivity index (χ0v) is 16.4. The van der Waals surface area contributed by atoms with Crippen LogP contribution < -0.4 is 20.1 Å². The highest BCUT2D eigenvalue weighted by molar-refractivity contribution is 5.76. The van der Waals surface area contributed by atoms with Crippen molar-refractivity contribution < 1.29 is 14.2 Å². The Bertz CT molecular complexity index is 1020. The normalized spacial score (nSPS) is 15.9. The van der Waals surface area contributed by atoms with Gasteiger partial charge in [0.2, 0.25) is 0 Å². The number of benzene rings is 1. The Balaban J connectivity index is 1.54. The first-order chi connectivity index (χ1) is 14.8. The Morgan fingerprint density at radius 3 is 2.90 bits per heavy atom. The van der Waals surface area contributed by atoms with Crippen LogP contribution in [0.2, 0.25) is 0 Å². The molecule has 0 spiro atoms. The summed E-state index contributed by atoms with van der Waals surface area (Å²) in [6.07, 6.45) is 2.87. The largest absolute Gasteiger partial charge is 0.496 e. The topological polar surface area (TPSA) is 130 Å². The number of hydrogen-bond acceptors (Lipinski definition) is 9. The molecule has 0 bridgehead atoms. The van der Waals surface area contributed by atoms with E-state index in [4.69, 9.17) is 19.5 Å². The zero-order chi connectivity index (χ0) is 20.8. The van der Waals surface area contributed by atoms with Gasteiger partial charge in [-0.3, -0.25) is 5.10 Å². The number of rotatable bonds is 7. The third kappa shape index (κ3) is 4.48. The van der Waals surface area contributed by atoms with Crippen LogP contribution in [0, 0.1) is 11.3 Å². The molecule has 4 rings (SSSR count). The lowest BCUT2D eigenvalue weighted by Gasteiger charge is -2.24. The van der Waals surface area contributed by atoms with Gasteiger partial charge < -0.3 is 24.8 Å². The van der Waals surface area contributed by atoms with E-state index >= 15 is 0 Å². The Morgan fingerprint density at radius 2 is 2.17 bits per heavy atom. The minimum atomic E-state index is 0.131. The summed E-state index contributed by atoms with van der Waals surface area (Å²) in [5.41, 5.74) is 1.74. The fraction of sp³-hybridized carbons (Fsp3) is 0.300. The lowest BCUT2D eigenvalue weighted by molar-refractivity contribution is 0.0593. The SMILES string of the molecule is COc1cccc(OCC2COCCN2)c1-c1cc(Nc2cnc(C#N)cn2)n[nH]1. The van der Waals surface area contributed by atoms with Gasteiger partial charge in [-0.15, -0.1) is 0 Å². The van der Waals surface area contributed by atoms with Crippen molar-refractivity contribution in [1.29, 1.82) is 5.26 Å². The van der Waals surface area contributed by atoms with E-state index in [0.717, 1.165) is 17.8 Å². The monoisotopic (exact) mass is 407 g/mol. The summed E-state index contributed by atoms with van der Waals surface area (Å²) in [6.45, 7) is 2.62. The number of nitrogens with zero attached hydrogens (tertiary/aromatic N) is 4. The number of aromatic amines is 1. The average Bonchev–Trinajstić information content (AvgIpc) is 3.26. The molecule has 30 heavy (non-hydrogen) atoms. The van der Waals surface area contributed by atoms with Crippen molar-refractivity contribution >= 4 is 11.6 Å². The second kappa shape index (κ2) is 9.21. The van der Waals surface area contributed by atoms with Crippen LogP contribution in [0.25, 0.3) is 11.3 Å². The third-order valence-electron chi connectivity index (χ3n) is 4.52. The van der Waals surface area contributed by atoms with Crippen LogP contribution in [-0.2, 0) is 4.74 Å². The molecule has 1 aromatic carbocycles. The molecule has 1 unspecified atom stereocenters. The van der Waals surface area contributed by atoms with Gasteiger partial charge >= 0.3 is 0 Å². The van der Waals surface area contributed by atoms with Crippen molar-refractivity contribution in [2.75, 3.05) is 38.8 Å². The second-order valence-electron chi connectivity index (χ2n) is 6.56. The third-order valence-corrected chi connectivity index (χ3v) is 4.52. The Kier molecular flexibility index (Phi) is 6.03. The van der Waals surface area contributed by atoms with Crippen molar-refractivity contribution in [2.45, 2.75) is 6.04 Å². The van der Waals surface area contributed by atoms with E-state index in [1.54, 1.807) is 7.11 Å². The molecule has 0 amide bonds. The number of nitriles is 1. The molecule has 3 aromatic rings. The number of anilines is 2. The number of H-pyrrole nitrogens is 1. The maximum atomic E-state index is 8.83. The van der Waals surface area contributed by atoms with E-state index in [9.17, 15) is 0 Å². The van der Waals surface area contributed by atoms with Gasteiger partial charge in [0, 0.05) is 12.6 Å². The van der Waals surface area contributed by atoms with Crippen molar-refractivity contribution in [3.05, 3.63) is 42.4 Å². The number of hydrogen-bond donors (Lipinski definition) is 3. The van der Waals surface area contributed by atoms with Crippen LogP contribution in [0.15, 0.2) is 36.7 Å². The van der Waals surface area contributed by atoms with Gasteiger partial charge in [-0.1, -0.05) is 6.07 Å². The van der Waals surface area contributed by atoms with E-state index in [1.807, 2.05) is 30.3 Å². The van der Waals surface area contributed by atoms with E-state index in [0.29, 0.717) is 43.0 Å². The molecule has 154 valence electrons. The summed E-state index contributed by atoms with van der Waals surface area (Å²) in [7, 11) is 1.61. The summed E-state index contributed by atoms with van der Waals surface area (Å²) in [5.74, 6) is 2.36. The molecule has 2 aromatic heterocycles. The van der Waals surface area contributed by atoms with Gasteiger partial charge in [0.15, 0.2) is 11.5 Å². The van der Waals surface area contributed by atoms with Crippen molar-refractivity contribution in [2.24, 2.45) is 0 Å². The molecular formula is C20H21N7O3. The van der Waals surface area contributed by atoms with Crippen LogP contribution in [0.5, 0.6) is 11.5 Å². The molecule has 0 aliphatic carbocycles. The van der Waals surface area contributed by atoms with Crippen LogP contribution in [0.4, 0.5) is 11.6 Å². The highest BCUT2D eigenvalue weighted by Crippen LogP contribution is 2.38. The molecule has 10 heteroatoms. The van der Waals surface area contributed by atoms with Crippen molar-refractivity contribution in [3.8, 4) is 28.8 Å². The fourth-order valence-electron chi connectivity index (χ4n) is 3.08. The maximum Gasteiger partial charge on any atom is 0.158 e. The van der Waals surface area contributed by atoms with Gasteiger partial charge in [0.25, 0.3) is 0 Å². The molecule has 0 saturated carbocycles. The summed E-state index contributed by atoms with van der Waals surface area (Å²) >= 11 is 0. The van der Waals surface area contributed by atoms with Gasteiger partial charge in [-0.05, 0) is 12.1 Å². The predicted molar refractivity (Wildman–Crippen MR) is 109 cm³/mol. The smallest absolute Gasteiger partial charge is 0.158 e. The van der Waals surface area contributed by atoms with Gasteiger partial charge in [-0.25, -0.2) is 9.97 Å². The van der Waals surface area contributed by atoms with E-state index in [2.05, 4.69) is 30.8 Å². The Labute approximate surface area is 173 Å². The quantitative estimate of drug-likeness (QED) is 0.537. The lowest BCUT2D eigenvalue weighted by Crippen LogP contribution is -2.44. The first kappa shape index (κ1) is 19.6. The van der Waals surface area contributed by atoms with Crippen LogP contribution in [0.3, 0.4) is 0 Å². The zero-order valence-electron chi connectivity index (χ0n) is 16.4. The second-order valence-corrected chi connectivity index (χ2v) is 6.56. The minimum absolute atomic E-state index is 0.131. The first-order valence-electron chi connectivity index (χ1n) is 9.42. The molecule has 3 N–H and O–H groups in total. The van der Waals surface area contributed by atoms with Gasteiger partial charge in [-0.2, -0.15) is 10.4 Å². The highest BCUT2D eigenvalue weighted by atomic mass is 16.5. The molecule has 1 aliphatic heterocycles. The van der Waals surface area contributed by atoms with Crippen LogP contribution in [-0.4, -0.2) is 59.7 Å². The number of nitrogens with one attached hydrogen (secondary N) is 3. The molecular weight excluding hydrogens is 386 g/mol. The predicted octanol–water partition coefficient (Wildman–Crippen LogP) is 1.86. The van der Waals surface area contributed by atoms with Gasteiger partial charge in [0.05, 0.1) is 50.0 Å².